The summed E-state index contributed by atoms with van der Waals surface area (Å²) >= 11 is 0. The van der Waals surface area contributed by atoms with Crippen LogP contribution in [0.1, 0.15) is 17.3 Å². The molecule has 0 aliphatic carbocycles. The van der Waals surface area contributed by atoms with Gasteiger partial charge in [0.25, 0.3) is 5.91 Å². The molecule has 2 amide bonds. The molecule has 1 N–H and O–H groups in total. The summed E-state index contributed by atoms with van der Waals surface area (Å²) in [5.74, 6) is 1.26. The quantitative estimate of drug-likeness (QED) is 0.598. The number of amides is 2. The minimum Gasteiger partial charge on any atom is -0.437 e. The number of anilines is 2. The number of rotatable bonds is 8. The Morgan fingerprint density at radius 3 is 2.45 bits per heavy atom. The highest BCUT2D eigenvalue weighted by molar-refractivity contribution is 6.04. The van der Waals surface area contributed by atoms with E-state index < -0.39 is 0 Å². The second-order valence-electron chi connectivity index (χ2n) is 6.90. The Labute approximate surface area is 180 Å². The molecular formula is C22H24N6O3. The average molecular weight is 420 g/mol. The molecule has 2 aromatic heterocycles. The standard InChI is InChI=1S/C22H24N6O3/c1-16(29)27(2)11-12-28(3)20-14-24-15-21(26-20)31-19-8-6-17(7-9-19)22(30)25-18-5-4-10-23-13-18/h4-10,13-15H,11-12H2,1-3H3,(H,25,30). The van der Waals surface area contributed by atoms with Crippen molar-refractivity contribution in [1.29, 1.82) is 0 Å². The van der Waals surface area contributed by atoms with Crippen LogP contribution in [-0.4, -0.2) is 58.9 Å². The van der Waals surface area contributed by atoms with Gasteiger partial charge in [0.1, 0.15) is 5.75 Å². The summed E-state index contributed by atoms with van der Waals surface area (Å²) in [7, 11) is 3.62. The Balaban J connectivity index is 1.60. The van der Waals surface area contributed by atoms with Crippen molar-refractivity contribution in [3.63, 3.8) is 0 Å². The Morgan fingerprint density at radius 1 is 1.00 bits per heavy atom. The van der Waals surface area contributed by atoms with E-state index in [4.69, 9.17) is 4.74 Å². The number of likely N-dealkylation sites (N-methyl/N-ethyl adjacent to an activating group) is 2. The first-order valence-electron chi connectivity index (χ1n) is 9.66. The van der Waals surface area contributed by atoms with Crippen LogP contribution in [0.25, 0.3) is 0 Å². The van der Waals surface area contributed by atoms with Crippen molar-refractivity contribution >= 4 is 23.3 Å². The Morgan fingerprint density at radius 2 is 1.77 bits per heavy atom. The van der Waals surface area contributed by atoms with E-state index in [9.17, 15) is 9.59 Å². The molecular weight excluding hydrogens is 396 g/mol. The maximum atomic E-state index is 12.3. The maximum absolute atomic E-state index is 12.3. The van der Waals surface area contributed by atoms with Crippen molar-refractivity contribution in [2.75, 3.05) is 37.4 Å². The lowest BCUT2D eigenvalue weighted by atomic mass is 10.2. The molecule has 2 heterocycles. The summed E-state index contributed by atoms with van der Waals surface area (Å²) in [5, 5.41) is 2.78. The van der Waals surface area contributed by atoms with Crippen LogP contribution in [0.4, 0.5) is 11.5 Å². The van der Waals surface area contributed by atoms with Gasteiger partial charge >= 0.3 is 0 Å². The number of hydrogen-bond acceptors (Lipinski definition) is 7. The van der Waals surface area contributed by atoms with E-state index in [1.807, 2.05) is 11.9 Å². The van der Waals surface area contributed by atoms with Crippen LogP contribution >= 0.6 is 0 Å². The van der Waals surface area contributed by atoms with E-state index >= 15 is 0 Å². The smallest absolute Gasteiger partial charge is 0.255 e. The minimum absolute atomic E-state index is 0.00846. The molecule has 0 radical (unpaired) electrons. The molecule has 0 bridgehead atoms. The Bertz CT molecular complexity index is 1030. The van der Waals surface area contributed by atoms with Crippen molar-refractivity contribution < 1.29 is 14.3 Å². The zero-order valence-corrected chi connectivity index (χ0v) is 17.6. The average Bonchev–Trinajstić information content (AvgIpc) is 2.78. The van der Waals surface area contributed by atoms with E-state index in [1.54, 1.807) is 66.9 Å². The summed E-state index contributed by atoms with van der Waals surface area (Å²) in [5.41, 5.74) is 1.11. The molecule has 0 aliphatic heterocycles. The molecule has 1 aromatic carbocycles. The normalized spacial score (nSPS) is 10.3. The fraction of sp³-hybridized carbons (Fsp3) is 0.227. The van der Waals surface area contributed by atoms with Gasteiger partial charge in [-0.25, -0.2) is 0 Å². The summed E-state index contributed by atoms with van der Waals surface area (Å²) in [6, 6.07) is 10.2. The summed E-state index contributed by atoms with van der Waals surface area (Å²) in [4.78, 5) is 39.8. The summed E-state index contributed by atoms with van der Waals surface area (Å²) in [6.07, 6.45) is 6.37. The maximum Gasteiger partial charge on any atom is 0.255 e. The molecule has 31 heavy (non-hydrogen) atoms. The first-order valence-corrected chi connectivity index (χ1v) is 9.66. The lowest BCUT2D eigenvalue weighted by Gasteiger charge is -2.22. The van der Waals surface area contributed by atoms with E-state index in [-0.39, 0.29) is 11.8 Å². The van der Waals surface area contributed by atoms with Crippen LogP contribution in [0, 0.1) is 0 Å². The molecule has 0 unspecified atom stereocenters. The molecule has 3 rings (SSSR count). The Hall–Kier alpha value is -4.01. The molecule has 0 saturated carbocycles. The molecule has 0 spiro atoms. The van der Waals surface area contributed by atoms with Crippen LogP contribution in [0.2, 0.25) is 0 Å². The number of benzene rings is 1. The van der Waals surface area contributed by atoms with Crippen molar-refractivity contribution in [3.8, 4) is 11.6 Å². The molecule has 0 fully saturated rings. The minimum atomic E-state index is -0.238. The van der Waals surface area contributed by atoms with Gasteiger partial charge in [-0.05, 0) is 36.4 Å². The van der Waals surface area contributed by atoms with E-state index in [1.165, 1.54) is 13.1 Å². The van der Waals surface area contributed by atoms with E-state index in [0.29, 0.717) is 41.8 Å². The number of carbonyl (C=O) groups is 2. The zero-order valence-electron chi connectivity index (χ0n) is 17.6. The predicted molar refractivity (Wildman–Crippen MR) is 117 cm³/mol. The number of pyridine rings is 1. The first-order chi connectivity index (χ1) is 14.9. The van der Waals surface area contributed by atoms with Crippen LogP contribution in [-0.2, 0) is 4.79 Å². The van der Waals surface area contributed by atoms with Gasteiger partial charge in [0.2, 0.25) is 11.8 Å². The van der Waals surface area contributed by atoms with Gasteiger partial charge in [-0.2, -0.15) is 4.98 Å². The number of carbonyl (C=O) groups excluding carboxylic acids is 2. The van der Waals surface area contributed by atoms with Gasteiger partial charge in [0, 0.05) is 45.9 Å². The molecule has 160 valence electrons. The number of ether oxygens (including phenoxy) is 1. The molecule has 0 saturated heterocycles. The van der Waals surface area contributed by atoms with Gasteiger partial charge in [0.05, 0.1) is 24.3 Å². The monoisotopic (exact) mass is 420 g/mol. The molecule has 0 aliphatic rings. The fourth-order valence-corrected chi connectivity index (χ4v) is 2.58. The highest BCUT2D eigenvalue weighted by atomic mass is 16.5. The van der Waals surface area contributed by atoms with Gasteiger partial charge < -0.3 is 19.9 Å². The van der Waals surface area contributed by atoms with E-state index in [0.717, 1.165) is 0 Å². The van der Waals surface area contributed by atoms with Crippen LogP contribution in [0.15, 0.2) is 61.2 Å². The fourth-order valence-electron chi connectivity index (χ4n) is 2.58. The van der Waals surface area contributed by atoms with Crippen molar-refractivity contribution in [1.82, 2.24) is 19.9 Å². The largest absolute Gasteiger partial charge is 0.437 e. The van der Waals surface area contributed by atoms with Crippen molar-refractivity contribution in [3.05, 3.63) is 66.7 Å². The second-order valence-corrected chi connectivity index (χ2v) is 6.90. The number of nitrogens with one attached hydrogen (secondary N) is 1. The van der Waals surface area contributed by atoms with Crippen LogP contribution in [0.5, 0.6) is 11.6 Å². The van der Waals surface area contributed by atoms with Gasteiger partial charge in [-0.3, -0.25) is 19.6 Å². The first kappa shape index (κ1) is 21.7. The zero-order chi connectivity index (χ0) is 22.2. The van der Waals surface area contributed by atoms with E-state index in [2.05, 4.69) is 20.3 Å². The SMILES string of the molecule is CC(=O)N(C)CCN(C)c1cncc(Oc2ccc(C(=O)Nc3cccnc3)cc2)n1. The second kappa shape index (κ2) is 10.1. The van der Waals surface area contributed by atoms with Gasteiger partial charge in [-0.1, -0.05) is 0 Å². The van der Waals surface area contributed by atoms with Gasteiger partial charge in [-0.15, -0.1) is 0 Å². The lowest BCUT2D eigenvalue weighted by molar-refractivity contribution is -0.127. The molecule has 9 nitrogen and oxygen atoms in total. The number of aromatic nitrogens is 3. The number of nitrogens with zero attached hydrogens (tertiary/aromatic N) is 5. The van der Waals surface area contributed by atoms with Crippen molar-refractivity contribution in [2.24, 2.45) is 0 Å². The van der Waals surface area contributed by atoms with Gasteiger partial charge in [0.15, 0.2) is 5.82 Å². The Kier molecular flexibility index (Phi) is 7.10. The lowest BCUT2D eigenvalue weighted by Crippen LogP contribution is -2.33. The van der Waals surface area contributed by atoms with Crippen LogP contribution in [0.3, 0.4) is 0 Å². The molecule has 9 heteroatoms. The van der Waals surface area contributed by atoms with Crippen molar-refractivity contribution in [2.45, 2.75) is 6.92 Å². The third-order valence-corrected chi connectivity index (χ3v) is 4.56. The topological polar surface area (TPSA) is 101 Å². The number of hydrogen-bond donors (Lipinski definition) is 1. The third kappa shape index (κ3) is 6.23. The molecule has 3 aromatic rings. The molecule has 0 atom stereocenters. The highest BCUT2D eigenvalue weighted by Gasteiger charge is 2.10. The third-order valence-electron chi connectivity index (χ3n) is 4.56. The van der Waals surface area contributed by atoms with Crippen LogP contribution < -0.4 is 15.0 Å². The summed E-state index contributed by atoms with van der Waals surface area (Å²) in [6.45, 7) is 2.71. The summed E-state index contributed by atoms with van der Waals surface area (Å²) < 4.78 is 5.78. The highest BCUT2D eigenvalue weighted by Crippen LogP contribution is 2.21. The predicted octanol–water partition coefficient (Wildman–Crippen LogP) is 2.83.